The van der Waals surface area contributed by atoms with Gasteiger partial charge >= 0.3 is 0 Å². The number of aromatic nitrogens is 2. The lowest BCUT2D eigenvalue weighted by Gasteiger charge is -2.13. The van der Waals surface area contributed by atoms with Crippen molar-refractivity contribution in [3.05, 3.63) is 47.0 Å². The highest BCUT2D eigenvalue weighted by molar-refractivity contribution is 6.32. The molecule has 19 heavy (non-hydrogen) atoms. The molecule has 0 bridgehead atoms. The third kappa shape index (κ3) is 2.48. The van der Waals surface area contributed by atoms with Crippen LogP contribution in [-0.2, 0) is 6.54 Å². The fourth-order valence-electron chi connectivity index (χ4n) is 2.08. The molecule has 96 valence electrons. The number of halogens is 1. The highest BCUT2D eigenvalue weighted by Gasteiger charge is 2.21. The standard InChI is InChI=1S/C14H13ClN4/c15-12-3-1-2-10(9-18-11-4-5-11)14(12)19-7-6-17-13(19)8-16/h1-3,6-7,11,18H,4-5,9H2. The molecule has 0 spiro atoms. The summed E-state index contributed by atoms with van der Waals surface area (Å²) in [6.07, 6.45) is 5.86. The van der Waals surface area contributed by atoms with Gasteiger partial charge in [-0.25, -0.2) is 4.98 Å². The van der Waals surface area contributed by atoms with Gasteiger partial charge in [0, 0.05) is 25.0 Å². The van der Waals surface area contributed by atoms with Crippen LogP contribution in [0, 0.1) is 11.3 Å². The average Bonchev–Trinajstić information content (AvgIpc) is 3.13. The van der Waals surface area contributed by atoms with Crippen molar-refractivity contribution >= 4 is 11.6 Å². The zero-order valence-corrected chi connectivity index (χ0v) is 11.1. The zero-order chi connectivity index (χ0) is 13.2. The largest absolute Gasteiger partial charge is 0.310 e. The number of nitriles is 1. The summed E-state index contributed by atoms with van der Waals surface area (Å²) in [6, 6.07) is 8.50. The molecule has 1 aliphatic rings. The fraction of sp³-hybridized carbons (Fsp3) is 0.286. The van der Waals surface area contributed by atoms with E-state index in [4.69, 9.17) is 16.9 Å². The summed E-state index contributed by atoms with van der Waals surface area (Å²) in [5, 5.41) is 13.2. The summed E-state index contributed by atoms with van der Waals surface area (Å²) in [5.74, 6) is 0.348. The van der Waals surface area contributed by atoms with Gasteiger partial charge in [0.25, 0.3) is 0 Å². The minimum Gasteiger partial charge on any atom is -0.310 e. The van der Waals surface area contributed by atoms with Gasteiger partial charge in [0.15, 0.2) is 0 Å². The van der Waals surface area contributed by atoms with Gasteiger partial charge in [0.2, 0.25) is 5.82 Å². The molecule has 1 N–H and O–H groups in total. The Labute approximate surface area is 116 Å². The monoisotopic (exact) mass is 272 g/mol. The SMILES string of the molecule is N#Cc1nccn1-c1c(Cl)cccc1CNC1CC1. The van der Waals surface area contributed by atoms with E-state index < -0.39 is 0 Å². The predicted molar refractivity (Wildman–Crippen MR) is 73.2 cm³/mol. The first-order chi connectivity index (χ1) is 9.29. The van der Waals surface area contributed by atoms with Crippen molar-refractivity contribution in [2.24, 2.45) is 0 Å². The predicted octanol–water partition coefficient (Wildman–Crippen LogP) is 2.65. The summed E-state index contributed by atoms with van der Waals surface area (Å²) >= 11 is 6.29. The van der Waals surface area contributed by atoms with Crippen molar-refractivity contribution in [2.75, 3.05) is 0 Å². The van der Waals surface area contributed by atoms with Crippen molar-refractivity contribution < 1.29 is 0 Å². The number of nitrogens with zero attached hydrogens (tertiary/aromatic N) is 3. The Hall–Kier alpha value is -1.83. The van der Waals surface area contributed by atoms with Crippen LogP contribution in [0.4, 0.5) is 0 Å². The molecule has 0 unspecified atom stereocenters. The number of hydrogen-bond acceptors (Lipinski definition) is 3. The Morgan fingerprint density at radius 2 is 2.32 bits per heavy atom. The van der Waals surface area contributed by atoms with Gasteiger partial charge in [0.05, 0.1) is 10.7 Å². The Balaban J connectivity index is 2.00. The number of hydrogen-bond donors (Lipinski definition) is 1. The smallest absolute Gasteiger partial charge is 0.217 e. The second-order valence-corrected chi connectivity index (χ2v) is 5.04. The van der Waals surface area contributed by atoms with Crippen molar-refractivity contribution in [3.63, 3.8) is 0 Å². The molecule has 1 aromatic heterocycles. The van der Waals surface area contributed by atoms with Crippen LogP contribution in [-0.4, -0.2) is 15.6 Å². The van der Waals surface area contributed by atoms with E-state index in [0.717, 1.165) is 17.8 Å². The maximum Gasteiger partial charge on any atom is 0.217 e. The van der Waals surface area contributed by atoms with E-state index in [9.17, 15) is 0 Å². The van der Waals surface area contributed by atoms with E-state index in [1.165, 1.54) is 12.8 Å². The maximum absolute atomic E-state index is 9.09. The Bertz CT molecular complexity index is 637. The van der Waals surface area contributed by atoms with Crippen LogP contribution in [0.1, 0.15) is 24.2 Å². The lowest BCUT2D eigenvalue weighted by atomic mass is 10.1. The van der Waals surface area contributed by atoms with Crippen LogP contribution in [0.25, 0.3) is 5.69 Å². The molecule has 1 saturated carbocycles. The second-order valence-electron chi connectivity index (χ2n) is 4.64. The molecule has 4 nitrogen and oxygen atoms in total. The Kier molecular flexibility index (Phi) is 3.24. The molecule has 0 atom stereocenters. The average molecular weight is 273 g/mol. The van der Waals surface area contributed by atoms with Crippen molar-refractivity contribution in [1.29, 1.82) is 5.26 Å². The molecule has 0 saturated heterocycles. The van der Waals surface area contributed by atoms with Crippen LogP contribution in [0.15, 0.2) is 30.6 Å². The highest BCUT2D eigenvalue weighted by Crippen LogP contribution is 2.27. The van der Waals surface area contributed by atoms with E-state index in [0.29, 0.717) is 16.9 Å². The number of rotatable bonds is 4. The summed E-state index contributed by atoms with van der Waals surface area (Å²) in [4.78, 5) is 4.02. The van der Waals surface area contributed by atoms with Crippen LogP contribution >= 0.6 is 11.6 Å². The van der Waals surface area contributed by atoms with E-state index in [2.05, 4.69) is 16.4 Å². The highest BCUT2D eigenvalue weighted by atomic mass is 35.5. The molecule has 3 rings (SSSR count). The normalized spacial score (nSPS) is 14.3. The van der Waals surface area contributed by atoms with Crippen molar-refractivity contribution in [1.82, 2.24) is 14.9 Å². The minimum atomic E-state index is 0.348. The molecule has 1 heterocycles. The zero-order valence-electron chi connectivity index (χ0n) is 10.3. The number of para-hydroxylation sites is 1. The van der Waals surface area contributed by atoms with Crippen LogP contribution in [0.2, 0.25) is 5.02 Å². The molecular weight excluding hydrogens is 260 g/mol. The molecule has 1 aliphatic carbocycles. The van der Waals surface area contributed by atoms with Gasteiger partial charge in [-0.3, -0.25) is 4.57 Å². The summed E-state index contributed by atoms with van der Waals surface area (Å²) < 4.78 is 1.74. The fourth-order valence-corrected chi connectivity index (χ4v) is 2.37. The topological polar surface area (TPSA) is 53.6 Å². The van der Waals surface area contributed by atoms with Crippen molar-refractivity contribution in [3.8, 4) is 11.8 Å². The van der Waals surface area contributed by atoms with E-state index in [-0.39, 0.29) is 0 Å². The van der Waals surface area contributed by atoms with Gasteiger partial charge < -0.3 is 5.32 Å². The van der Waals surface area contributed by atoms with Gasteiger partial charge in [0.1, 0.15) is 6.07 Å². The summed E-state index contributed by atoms with van der Waals surface area (Å²) in [6.45, 7) is 0.754. The quantitative estimate of drug-likeness (QED) is 0.931. The van der Waals surface area contributed by atoms with Crippen LogP contribution in [0.5, 0.6) is 0 Å². The first kappa shape index (κ1) is 12.2. The molecule has 5 heteroatoms. The molecule has 0 radical (unpaired) electrons. The molecular formula is C14H13ClN4. The molecule has 1 fully saturated rings. The van der Waals surface area contributed by atoms with E-state index in [1.54, 1.807) is 17.0 Å². The number of imidazole rings is 1. The molecule has 0 aliphatic heterocycles. The maximum atomic E-state index is 9.09. The molecule has 0 amide bonds. The lowest BCUT2D eigenvalue weighted by molar-refractivity contribution is 0.684. The Morgan fingerprint density at radius 3 is 3.05 bits per heavy atom. The summed E-state index contributed by atoms with van der Waals surface area (Å²) in [5.41, 5.74) is 1.92. The van der Waals surface area contributed by atoms with E-state index >= 15 is 0 Å². The lowest BCUT2D eigenvalue weighted by Crippen LogP contribution is -2.17. The second kappa shape index (κ2) is 5.04. The van der Waals surface area contributed by atoms with Crippen molar-refractivity contribution in [2.45, 2.75) is 25.4 Å². The number of benzene rings is 1. The Morgan fingerprint density at radius 1 is 1.47 bits per heavy atom. The summed E-state index contributed by atoms with van der Waals surface area (Å²) in [7, 11) is 0. The first-order valence-electron chi connectivity index (χ1n) is 6.24. The van der Waals surface area contributed by atoms with Crippen LogP contribution < -0.4 is 5.32 Å². The van der Waals surface area contributed by atoms with Gasteiger partial charge in [-0.2, -0.15) is 5.26 Å². The van der Waals surface area contributed by atoms with Gasteiger partial charge in [-0.05, 0) is 24.5 Å². The third-order valence-corrected chi connectivity index (χ3v) is 3.52. The van der Waals surface area contributed by atoms with E-state index in [1.807, 2.05) is 18.2 Å². The van der Waals surface area contributed by atoms with Crippen LogP contribution in [0.3, 0.4) is 0 Å². The molecule has 2 aromatic rings. The van der Waals surface area contributed by atoms with Gasteiger partial charge in [-0.15, -0.1) is 0 Å². The molecule has 1 aromatic carbocycles. The van der Waals surface area contributed by atoms with Gasteiger partial charge in [-0.1, -0.05) is 23.7 Å². The first-order valence-corrected chi connectivity index (χ1v) is 6.62. The third-order valence-electron chi connectivity index (χ3n) is 3.21. The number of nitrogens with one attached hydrogen (secondary N) is 1. The minimum absolute atomic E-state index is 0.348.